The van der Waals surface area contributed by atoms with Crippen LogP contribution in [0.5, 0.6) is 5.75 Å². The van der Waals surface area contributed by atoms with Crippen LogP contribution in [0.4, 0.5) is 4.39 Å². The number of ether oxygens (including phenoxy) is 1. The van der Waals surface area contributed by atoms with Gasteiger partial charge in [-0.3, -0.25) is 0 Å². The molecule has 0 saturated heterocycles. The zero-order valence-corrected chi connectivity index (χ0v) is 13.3. The lowest BCUT2D eigenvalue weighted by Crippen LogP contribution is -2.25. The van der Waals surface area contributed by atoms with E-state index in [4.69, 9.17) is 4.74 Å². The largest absolute Gasteiger partial charge is 0.497 e. The van der Waals surface area contributed by atoms with Gasteiger partial charge in [0.1, 0.15) is 11.6 Å². The lowest BCUT2D eigenvalue weighted by molar-refractivity contribution is 0.0387. The smallest absolute Gasteiger partial charge is 0.126 e. The van der Waals surface area contributed by atoms with E-state index in [-0.39, 0.29) is 5.82 Å². The van der Waals surface area contributed by atoms with Gasteiger partial charge >= 0.3 is 0 Å². The van der Waals surface area contributed by atoms with Crippen LogP contribution in [-0.4, -0.2) is 12.2 Å². The summed E-state index contributed by atoms with van der Waals surface area (Å²) >= 11 is 3.50. The molecular weight excluding hydrogens is 335 g/mol. The van der Waals surface area contributed by atoms with E-state index < -0.39 is 5.60 Å². The number of rotatable bonds is 3. The predicted molar refractivity (Wildman–Crippen MR) is 83.0 cm³/mol. The maximum Gasteiger partial charge on any atom is 0.126 e. The van der Waals surface area contributed by atoms with E-state index in [9.17, 15) is 9.50 Å². The third-order valence-corrected chi connectivity index (χ3v) is 4.92. The van der Waals surface area contributed by atoms with Gasteiger partial charge in [0.2, 0.25) is 0 Å². The van der Waals surface area contributed by atoms with Gasteiger partial charge in [-0.15, -0.1) is 0 Å². The summed E-state index contributed by atoms with van der Waals surface area (Å²) < 4.78 is 20.0. The Morgan fingerprint density at radius 3 is 2.90 bits per heavy atom. The highest BCUT2D eigenvalue weighted by molar-refractivity contribution is 9.10. The fourth-order valence-corrected chi connectivity index (χ4v) is 3.41. The van der Waals surface area contributed by atoms with Crippen molar-refractivity contribution in [1.29, 1.82) is 0 Å². The highest BCUT2D eigenvalue weighted by atomic mass is 79.9. The average molecular weight is 351 g/mol. The monoisotopic (exact) mass is 350 g/mol. The standard InChI is InChI=1S/C17H16BrFO2/c1-21-12-5-6-15(18)11(9-12)10-17(20)8-7-13-14(17)3-2-4-16(13)19/h2-6,9,20H,7-8,10H2,1H3. The molecule has 2 nitrogen and oxygen atoms in total. The van der Waals surface area contributed by atoms with E-state index in [1.807, 2.05) is 24.3 Å². The molecule has 2 aromatic carbocycles. The minimum atomic E-state index is -1.02. The second-order valence-electron chi connectivity index (χ2n) is 5.43. The molecule has 0 bridgehead atoms. The van der Waals surface area contributed by atoms with Crippen molar-refractivity contribution in [3.05, 3.63) is 63.4 Å². The molecule has 1 N–H and O–H groups in total. The molecule has 0 heterocycles. The number of benzene rings is 2. The molecule has 1 aliphatic rings. The van der Waals surface area contributed by atoms with Crippen molar-refractivity contribution in [2.24, 2.45) is 0 Å². The van der Waals surface area contributed by atoms with E-state index in [0.717, 1.165) is 15.8 Å². The number of fused-ring (bicyclic) bond motifs is 1. The first-order chi connectivity index (χ1) is 10.0. The molecule has 0 spiro atoms. The molecule has 1 unspecified atom stereocenters. The van der Waals surface area contributed by atoms with E-state index in [0.29, 0.717) is 30.4 Å². The predicted octanol–water partition coefficient (Wildman–Crippen LogP) is 3.97. The Morgan fingerprint density at radius 2 is 2.14 bits per heavy atom. The minimum Gasteiger partial charge on any atom is -0.497 e. The molecule has 3 rings (SSSR count). The van der Waals surface area contributed by atoms with Crippen molar-refractivity contribution in [2.45, 2.75) is 24.9 Å². The summed E-state index contributed by atoms with van der Waals surface area (Å²) in [5.74, 6) is 0.516. The SMILES string of the molecule is COc1ccc(Br)c(CC2(O)CCc3c(F)cccc32)c1. The molecule has 1 atom stereocenters. The summed E-state index contributed by atoms with van der Waals surface area (Å²) in [5, 5.41) is 11.0. The fraction of sp³-hybridized carbons (Fsp3) is 0.294. The Hall–Kier alpha value is -1.39. The number of hydrogen-bond donors (Lipinski definition) is 1. The number of aliphatic hydroxyl groups is 1. The summed E-state index contributed by atoms with van der Waals surface area (Å²) in [7, 11) is 1.61. The molecule has 110 valence electrons. The van der Waals surface area contributed by atoms with E-state index >= 15 is 0 Å². The van der Waals surface area contributed by atoms with Gasteiger partial charge in [0.25, 0.3) is 0 Å². The van der Waals surface area contributed by atoms with Gasteiger partial charge in [-0.05, 0) is 53.8 Å². The van der Waals surface area contributed by atoms with Crippen LogP contribution < -0.4 is 4.74 Å². The first-order valence-electron chi connectivity index (χ1n) is 6.86. The summed E-state index contributed by atoms with van der Waals surface area (Å²) in [5.41, 5.74) is 1.27. The Labute approximate surface area is 131 Å². The van der Waals surface area contributed by atoms with Crippen molar-refractivity contribution < 1.29 is 14.2 Å². The second-order valence-corrected chi connectivity index (χ2v) is 6.29. The van der Waals surface area contributed by atoms with Crippen LogP contribution in [0, 0.1) is 5.82 Å². The molecule has 0 amide bonds. The molecule has 0 fully saturated rings. The zero-order chi connectivity index (χ0) is 15.0. The molecule has 0 saturated carbocycles. The van der Waals surface area contributed by atoms with E-state index in [1.54, 1.807) is 13.2 Å². The molecule has 0 radical (unpaired) electrons. The van der Waals surface area contributed by atoms with Crippen LogP contribution in [-0.2, 0) is 18.4 Å². The molecule has 0 aliphatic heterocycles. The fourth-order valence-electron chi connectivity index (χ4n) is 3.03. The van der Waals surface area contributed by atoms with Crippen LogP contribution >= 0.6 is 15.9 Å². The highest BCUT2D eigenvalue weighted by Crippen LogP contribution is 2.41. The lowest BCUT2D eigenvalue weighted by atomic mass is 9.88. The van der Waals surface area contributed by atoms with Crippen LogP contribution in [0.15, 0.2) is 40.9 Å². The van der Waals surface area contributed by atoms with Crippen LogP contribution in [0.2, 0.25) is 0 Å². The van der Waals surface area contributed by atoms with Crippen molar-refractivity contribution in [3.63, 3.8) is 0 Å². The summed E-state index contributed by atoms with van der Waals surface area (Å²) in [4.78, 5) is 0. The van der Waals surface area contributed by atoms with Crippen molar-refractivity contribution >= 4 is 15.9 Å². The summed E-state index contributed by atoms with van der Waals surface area (Å²) in [6, 6.07) is 10.6. The zero-order valence-electron chi connectivity index (χ0n) is 11.7. The van der Waals surface area contributed by atoms with Gasteiger partial charge in [-0.2, -0.15) is 0 Å². The quantitative estimate of drug-likeness (QED) is 0.907. The van der Waals surface area contributed by atoms with Gasteiger partial charge in [0.15, 0.2) is 0 Å². The van der Waals surface area contributed by atoms with E-state index in [2.05, 4.69) is 15.9 Å². The maximum atomic E-state index is 13.8. The Morgan fingerprint density at radius 1 is 1.33 bits per heavy atom. The molecule has 2 aromatic rings. The van der Waals surface area contributed by atoms with Gasteiger partial charge in [0.05, 0.1) is 12.7 Å². The lowest BCUT2D eigenvalue weighted by Gasteiger charge is -2.25. The molecule has 21 heavy (non-hydrogen) atoms. The molecule has 1 aliphatic carbocycles. The molecule has 4 heteroatoms. The summed E-state index contributed by atoms with van der Waals surface area (Å²) in [6.07, 6.45) is 1.54. The third-order valence-electron chi connectivity index (χ3n) is 4.14. The first kappa shape index (κ1) is 14.5. The second kappa shape index (κ2) is 5.43. The average Bonchev–Trinajstić information content (AvgIpc) is 2.80. The Kier molecular flexibility index (Phi) is 3.76. The Bertz CT molecular complexity index is 686. The van der Waals surface area contributed by atoms with Crippen LogP contribution in [0.25, 0.3) is 0 Å². The maximum absolute atomic E-state index is 13.8. The van der Waals surface area contributed by atoms with Gasteiger partial charge < -0.3 is 9.84 Å². The molecular formula is C17H16BrFO2. The van der Waals surface area contributed by atoms with E-state index in [1.165, 1.54) is 6.07 Å². The van der Waals surface area contributed by atoms with Gasteiger partial charge in [-0.1, -0.05) is 28.1 Å². The minimum absolute atomic E-state index is 0.229. The number of methoxy groups -OCH3 is 1. The van der Waals surface area contributed by atoms with Gasteiger partial charge in [-0.25, -0.2) is 4.39 Å². The van der Waals surface area contributed by atoms with Crippen LogP contribution in [0.1, 0.15) is 23.1 Å². The van der Waals surface area contributed by atoms with Gasteiger partial charge in [0, 0.05) is 10.9 Å². The molecule has 0 aromatic heterocycles. The first-order valence-corrected chi connectivity index (χ1v) is 7.65. The normalized spacial score (nSPS) is 20.4. The highest BCUT2D eigenvalue weighted by Gasteiger charge is 2.38. The Balaban J connectivity index is 1.98. The number of halogens is 2. The van der Waals surface area contributed by atoms with Crippen molar-refractivity contribution in [1.82, 2.24) is 0 Å². The summed E-state index contributed by atoms with van der Waals surface area (Å²) in [6.45, 7) is 0. The topological polar surface area (TPSA) is 29.5 Å². The van der Waals surface area contributed by atoms with Crippen LogP contribution in [0.3, 0.4) is 0 Å². The van der Waals surface area contributed by atoms with Crippen molar-refractivity contribution in [2.75, 3.05) is 7.11 Å². The number of hydrogen-bond acceptors (Lipinski definition) is 2. The van der Waals surface area contributed by atoms with Crippen molar-refractivity contribution in [3.8, 4) is 5.75 Å². The third kappa shape index (κ3) is 2.58.